The fourth-order valence-corrected chi connectivity index (χ4v) is 3.63. The van der Waals surface area contributed by atoms with Crippen LogP contribution in [0.15, 0.2) is 16.4 Å². The molecule has 2 atom stereocenters. The summed E-state index contributed by atoms with van der Waals surface area (Å²) in [6.07, 6.45) is 0. The van der Waals surface area contributed by atoms with E-state index < -0.39 is 40.7 Å². The van der Waals surface area contributed by atoms with Crippen LogP contribution in [-0.4, -0.2) is 63.6 Å². The van der Waals surface area contributed by atoms with Gasteiger partial charge in [0.15, 0.2) is 5.78 Å². The zero-order chi connectivity index (χ0) is 17.3. The molecule has 0 radical (unpaired) electrons. The van der Waals surface area contributed by atoms with Gasteiger partial charge in [-0.15, -0.1) is 11.8 Å². The minimum absolute atomic E-state index is 0.0541. The summed E-state index contributed by atoms with van der Waals surface area (Å²) in [5, 5.41) is 14.4. The number of carbonyl (C=O) groups excluding carboxylic acids is 3. The second-order valence-corrected chi connectivity index (χ2v) is 6.08. The van der Waals surface area contributed by atoms with E-state index in [2.05, 4.69) is 15.3 Å². The van der Waals surface area contributed by atoms with Crippen LogP contribution in [0, 0.1) is 0 Å². The number of hydrogen-bond acceptors (Lipinski definition) is 7. The zero-order valence-electron chi connectivity index (χ0n) is 12.7. The molecule has 0 spiro atoms. The van der Waals surface area contributed by atoms with Crippen LogP contribution in [0.3, 0.4) is 0 Å². The predicted octanol–water partition coefficient (Wildman–Crippen LogP) is -0.664. The quantitative estimate of drug-likeness (QED) is 0.294. The molecule has 0 aromatic heterocycles. The molecule has 124 valence electrons. The van der Waals surface area contributed by atoms with Crippen molar-refractivity contribution in [2.45, 2.75) is 25.3 Å². The van der Waals surface area contributed by atoms with Gasteiger partial charge in [-0.1, -0.05) is 5.16 Å². The average molecular weight is 341 g/mol. The number of rotatable bonds is 5. The molecule has 0 bridgehead atoms. The van der Waals surface area contributed by atoms with Gasteiger partial charge in [0.05, 0.1) is 0 Å². The smallest absolute Gasteiger partial charge is 0.352 e. The molecule has 2 aliphatic heterocycles. The highest BCUT2D eigenvalue weighted by Crippen LogP contribution is 2.40. The Morgan fingerprint density at radius 3 is 2.61 bits per heavy atom. The number of carboxylic acids is 1. The monoisotopic (exact) mass is 341 g/mol. The number of thioether (sulfide) groups is 1. The number of carboxylic acid groups (broad SMARTS) is 1. The average Bonchev–Trinajstić information content (AvgIpc) is 2.48. The van der Waals surface area contributed by atoms with Crippen LogP contribution < -0.4 is 5.32 Å². The van der Waals surface area contributed by atoms with Gasteiger partial charge in [-0.3, -0.25) is 19.3 Å². The van der Waals surface area contributed by atoms with Crippen LogP contribution in [0.25, 0.3) is 0 Å². The van der Waals surface area contributed by atoms with E-state index in [4.69, 9.17) is 0 Å². The summed E-state index contributed by atoms with van der Waals surface area (Å²) in [5.41, 5.74) is 0.0774. The van der Waals surface area contributed by atoms with E-state index in [-0.39, 0.29) is 5.70 Å². The van der Waals surface area contributed by atoms with Gasteiger partial charge in [0.2, 0.25) is 5.71 Å². The van der Waals surface area contributed by atoms with E-state index in [0.717, 1.165) is 11.8 Å². The maximum absolute atomic E-state index is 12.2. The third-order valence-corrected chi connectivity index (χ3v) is 4.80. The molecule has 2 N–H and O–H groups in total. The molecule has 9 nitrogen and oxygen atoms in total. The Hall–Kier alpha value is -2.36. The van der Waals surface area contributed by atoms with Crippen molar-refractivity contribution in [1.29, 1.82) is 0 Å². The van der Waals surface area contributed by atoms with Crippen molar-refractivity contribution < 1.29 is 29.1 Å². The Balaban J connectivity index is 2.16. The van der Waals surface area contributed by atoms with Gasteiger partial charge >= 0.3 is 5.97 Å². The summed E-state index contributed by atoms with van der Waals surface area (Å²) in [6, 6.07) is -0.906. The molecular formula is C13H15N3O6S. The van der Waals surface area contributed by atoms with Crippen LogP contribution in [0.2, 0.25) is 0 Å². The van der Waals surface area contributed by atoms with E-state index in [9.17, 15) is 24.3 Å². The topological polar surface area (TPSA) is 125 Å². The van der Waals surface area contributed by atoms with Crippen LogP contribution in [0.1, 0.15) is 13.8 Å². The highest BCUT2D eigenvalue weighted by Gasteiger charge is 2.54. The summed E-state index contributed by atoms with van der Waals surface area (Å²) < 4.78 is 0. The number of ketones is 1. The Labute approximate surface area is 135 Å². The second-order valence-electron chi connectivity index (χ2n) is 4.97. The first-order chi connectivity index (χ1) is 10.8. The Morgan fingerprint density at radius 1 is 1.43 bits per heavy atom. The maximum atomic E-state index is 12.2. The van der Waals surface area contributed by atoms with Crippen LogP contribution in [0.5, 0.6) is 0 Å². The van der Waals surface area contributed by atoms with Crippen LogP contribution in [-0.2, 0) is 24.0 Å². The molecule has 2 rings (SSSR count). The lowest BCUT2D eigenvalue weighted by atomic mass is 10.0. The van der Waals surface area contributed by atoms with Gasteiger partial charge < -0.3 is 15.3 Å². The van der Waals surface area contributed by atoms with E-state index >= 15 is 0 Å². The molecule has 1 fully saturated rings. The molecule has 0 aromatic rings. The van der Waals surface area contributed by atoms with Gasteiger partial charge in [0.1, 0.15) is 24.2 Å². The largest absolute Gasteiger partial charge is 0.477 e. The van der Waals surface area contributed by atoms with Crippen LogP contribution >= 0.6 is 11.8 Å². The summed E-state index contributed by atoms with van der Waals surface area (Å²) >= 11 is 1.34. The van der Waals surface area contributed by atoms with Gasteiger partial charge in [0, 0.05) is 12.7 Å². The summed E-state index contributed by atoms with van der Waals surface area (Å²) in [7, 11) is 1.19. The van der Waals surface area contributed by atoms with E-state index in [1.165, 1.54) is 18.9 Å². The molecule has 1 saturated heterocycles. The van der Waals surface area contributed by atoms with Crippen molar-refractivity contribution in [2.24, 2.45) is 5.16 Å². The lowest BCUT2D eigenvalue weighted by Gasteiger charge is -2.49. The fourth-order valence-electron chi connectivity index (χ4n) is 2.34. The zero-order valence-corrected chi connectivity index (χ0v) is 13.5. The third-order valence-electron chi connectivity index (χ3n) is 3.38. The number of nitrogens with zero attached hydrogens (tertiary/aromatic N) is 2. The molecule has 1 unspecified atom stereocenters. The first-order valence-corrected chi connectivity index (χ1v) is 7.65. The second kappa shape index (κ2) is 6.41. The molecule has 2 aliphatic rings. The first-order valence-electron chi connectivity index (χ1n) is 6.60. The summed E-state index contributed by atoms with van der Waals surface area (Å²) in [4.78, 5) is 52.4. The highest BCUT2D eigenvalue weighted by molar-refractivity contribution is 8.00. The maximum Gasteiger partial charge on any atom is 0.352 e. The third kappa shape index (κ3) is 2.93. The van der Waals surface area contributed by atoms with Gasteiger partial charge in [0.25, 0.3) is 11.8 Å². The number of β-lactam (4-membered cyclic amide) rings is 1. The van der Waals surface area contributed by atoms with Crippen molar-refractivity contribution >= 4 is 41.0 Å². The van der Waals surface area contributed by atoms with Crippen molar-refractivity contribution in [2.75, 3.05) is 12.9 Å². The molecule has 0 aromatic carbocycles. The molecule has 0 saturated carbocycles. The summed E-state index contributed by atoms with van der Waals surface area (Å²) in [5.74, 6) is -2.72. The fraction of sp³-hybridized carbons (Fsp3) is 0.462. The van der Waals surface area contributed by atoms with E-state index in [1.807, 2.05) is 0 Å². The molecule has 2 heterocycles. The number of hydrogen-bond donors (Lipinski definition) is 2. The molecule has 0 aliphatic carbocycles. The molecular weight excluding hydrogens is 326 g/mol. The number of oxime groups is 1. The predicted molar refractivity (Wildman–Crippen MR) is 80.5 cm³/mol. The Morgan fingerprint density at radius 2 is 2.09 bits per heavy atom. The number of aliphatic carboxylic acids is 1. The number of carbonyl (C=O) groups is 4. The minimum Gasteiger partial charge on any atom is -0.477 e. The standard InChI is InChI=1S/C13H15N3O6S/c1-5-4-23-12-8(11(19)16(12)9(5)13(20)21)14-10(18)7(6(2)17)15-22-3/h8,12H,4H2,1-3H3,(H,14,18)(H,20,21)/t8?,12-/m0/s1. The normalized spacial score (nSPS) is 23.9. The molecule has 2 amide bonds. The Kier molecular flexibility index (Phi) is 4.73. The van der Waals surface area contributed by atoms with Gasteiger partial charge in [-0.05, 0) is 12.5 Å². The number of amides is 2. The first kappa shape index (κ1) is 17.0. The Bertz CT molecular complexity index is 656. The van der Waals surface area contributed by atoms with E-state index in [0.29, 0.717) is 11.3 Å². The highest BCUT2D eigenvalue weighted by atomic mass is 32.2. The number of Topliss-reactive ketones (excluding diaryl/α,β-unsaturated/α-hetero) is 1. The lowest BCUT2D eigenvalue weighted by molar-refractivity contribution is -0.150. The molecule has 23 heavy (non-hydrogen) atoms. The van der Waals surface area contributed by atoms with Gasteiger partial charge in [-0.2, -0.15) is 0 Å². The van der Waals surface area contributed by atoms with Crippen molar-refractivity contribution in [3.8, 4) is 0 Å². The van der Waals surface area contributed by atoms with Crippen molar-refractivity contribution in [3.63, 3.8) is 0 Å². The number of fused-ring (bicyclic) bond motifs is 1. The van der Waals surface area contributed by atoms with Crippen LogP contribution in [0.4, 0.5) is 0 Å². The SMILES string of the molecule is CON=C(C(C)=O)C(=O)NC1C(=O)N2C(C(=O)O)=C(C)CS[C@@H]12. The van der Waals surface area contributed by atoms with E-state index in [1.54, 1.807) is 6.92 Å². The summed E-state index contributed by atoms with van der Waals surface area (Å²) in [6.45, 7) is 2.79. The molecule has 10 heteroatoms. The number of nitrogens with one attached hydrogen (secondary N) is 1. The van der Waals surface area contributed by atoms with Gasteiger partial charge in [-0.25, -0.2) is 4.79 Å². The van der Waals surface area contributed by atoms with Crippen molar-refractivity contribution in [3.05, 3.63) is 11.3 Å². The minimum atomic E-state index is -1.18. The lowest BCUT2D eigenvalue weighted by Crippen LogP contribution is -2.71. The van der Waals surface area contributed by atoms with Crippen molar-refractivity contribution in [1.82, 2.24) is 10.2 Å².